The fraction of sp³-hybridized carbons (Fsp3) is 0.300. The third-order valence-corrected chi connectivity index (χ3v) is 1.99. The maximum absolute atomic E-state index is 11.8. The molecule has 17 heavy (non-hydrogen) atoms. The van der Waals surface area contributed by atoms with E-state index in [1.807, 2.05) is 0 Å². The van der Waals surface area contributed by atoms with Gasteiger partial charge in [0.1, 0.15) is 6.54 Å². The Morgan fingerprint density at radius 2 is 2.06 bits per heavy atom. The first-order valence-corrected chi connectivity index (χ1v) is 4.75. The summed E-state index contributed by atoms with van der Waals surface area (Å²) in [7, 11) is 0. The number of rotatable bonds is 2. The molecule has 0 aliphatic rings. The number of halogens is 3. The van der Waals surface area contributed by atoms with Crippen LogP contribution >= 0.6 is 0 Å². The molecule has 0 radical (unpaired) electrons. The predicted molar refractivity (Wildman–Crippen MR) is 58.7 cm³/mol. The van der Waals surface area contributed by atoms with Gasteiger partial charge in [0.15, 0.2) is 0 Å². The number of benzene rings is 1. The summed E-state index contributed by atoms with van der Waals surface area (Å²) in [5, 5.41) is 3.94. The second-order valence-electron chi connectivity index (χ2n) is 3.49. The number of anilines is 2. The summed E-state index contributed by atoms with van der Waals surface area (Å²) >= 11 is 0. The van der Waals surface area contributed by atoms with E-state index in [2.05, 4.69) is 5.32 Å². The lowest BCUT2D eigenvalue weighted by molar-refractivity contribution is -0.122. The molecule has 0 aromatic heterocycles. The van der Waals surface area contributed by atoms with E-state index in [1.54, 1.807) is 24.4 Å². The van der Waals surface area contributed by atoms with Crippen molar-refractivity contribution < 1.29 is 18.0 Å². The summed E-state index contributed by atoms with van der Waals surface area (Å²) in [6.07, 6.45) is -4.43. The van der Waals surface area contributed by atoms with Gasteiger partial charge in [-0.25, -0.2) is 4.79 Å². The molecule has 0 atom stereocenters. The molecule has 0 aliphatic carbocycles. The highest BCUT2D eigenvalue weighted by atomic mass is 19.4. The number of nitrogen functional groups attached to an aromatic ring is 1. The summed E-state index contributed by atoms with van der Waals surface area (Å²) in [5.74, 6) is 0. The molecule has 1 aromatic rings. The first kappa shape index (κ1) is 13.1. The highest BCUT2D eigenvalue weighted by Gasteiger charge is 2.27. The molecule has 0 fully saturated rings. The highest BCUT2D eigenvalue weighted by molar-refractivity contribution is 5.89. The second-order valence-corrected chi connectivity index (χ2v) is 3.49. The molecule has 0 heterocycles. The highest BCUT2D eigenvalue weighted by Crippen LogP contribution is 2.17. The fourth-order valence-corrected chi connectivity index (χ4v) is 1.07. The molecule has 0 bridgehead atoms. The maximum Gasteiger partial charge on any atom is 0.405 e. The molecular formula is C10H12F3N3O. The topological polar surface area (TPSA) is 67.2 Å². The number of aryl methyl sites for hydroxylation is 1. The smallest absolute Gasteiger partial charge is 0.398 e. The third-order valence-electron chi connectivity index (χ3n) is 1.99. The molecule has 0 saturated carbocycles. The quantitative estimate of drug-likeness (QED) is 0.702. The van der Waals surface area contributed by atoms with Gasteiger partial charge >= 0.3 is 12.2 Å². The second kappa shape index (κ2) is 4.94. The first-order valence-electron chi connectivity index (χ1n) is 4.75. The van der Waals surface area contributed by atoms with Crippen LogP contribution in [0.4, 0.5) is 29.3 Å². The minimum absolute atomic E-state index is 0.341. The molecule has 7 heteroatoms. The lowest BCUT2D eigenvalue weighted by Crippen LogP contribution is -2.36. The predicted octanol–water partition coefficient (Wildman–Crippen LogP) is 2.26. The summed E-state index contributed by atoms with van der Waals surface area (Å²) in [6, 6.07) is 3.77. The van der Waals surface area contributed by atoms with Crippen molar-refractivity contribution in [3.8, 4) is 0 Å². The van der Waals surface area contributed by atoms with Gasteiger partial charge in [0.25, 0.3) is 0 Å². The molecule has 0 saturated heterocycles. The van der Waals surface area contributed by atoms with Crippen LogP contribution in [0, 0.1) is 6.92 Å². The van der Waals surface area contributed by atoms with Crippen LogP contribution in [0.1, 0.15) is 5.56 Å². The van der Waals surface area contributed by atoms with Crippen molar-refractivity contribution >= 4 is 17.4 Å². The number of urea groups is 1. The van der Waals surface area contributed by atoms with Crippen molar-refractivity contribution in [3.05, 3.63) is 23.8 Å². The lowest BCUT2D eigenvalue weighted by atomic mass is 10.2. The Balaban J connectivity index is 2.54. The van der Waals surface area contributed by atoms with Gasteiger partial charge in [-0.2, -0.15) is 13.2 Å². The molecule has 0 spiro atoms. The van der Waals surface area contributed by atoms with Crippen molar-refractivity contribution in [2.75, 3.05) is 17.6 Å². The molecular weight excluding hydrogens is 235 g/mol. The van der Waals surface area contributed by atoms with E-state index in [0.717, 1.165) is 5.56 Å². The molecule has 0 unspecified atom stereocenters. The van der Waals surface area contributed by atoms with Crippen LogP contribution < -0.4 is 16.4 Å². The molecule has 4 N–H and O–H groups in total. The Labute approximate surface area is 96.0 Å². The van der Waals surface area contributed by atoms with Gasteiger partial charge in [0, 0.05) is 11.4 Å². The minimum atomic E-state index is -4.43. The monoisotopic (exact) mass is 247 g/mol. The van der Waals surface area contributed by atoms with Crippen LogP contribution in [0.3, 0.4) is 0 Å². The molecule has 0 aliphatic heterocycles. The molecule has 94 valence electrons. The van der Waals surface area contributed by atoms with Crippen molar-refractivity contribution in [2.24, 2.45) is 0 Å². The van der Waals surface area contributed by atoms with Crippen LogP contribution in [-0.2, 0) is 0 Å². The number of carbonyl (C=O) groups excluding carboxylic acids is 1. The first-order chi connectivity index (χ1) is 7.78. The van der Waals surface area contributed by atoms with Gasteiger partial charge in [0.2, 0.25) is 0 Å². The zero-order chi connectivity index (χ0) is 13.1. The normalized spacial score (nSPS) is 11.1. The largest absolute Gasteiger partial charge is 0.405 e. The Morgan fingerprint density at radius 3 is 2.59 bits per heavy atom. The van der Waals surface area contributed by atoms with Gasteiger partial charge in [-0.15, -0.1) is 0 Å². The molecule has 1 rings (SSSR count). The van der Waals surface area contributed by atoms with Crippen LogP contribution in [0.5, 0.6) is 0 Å². The van der Waals surface area contributed by atoms with Gasteiger partial charge in [-0.05, 0) is 24.6 Å². The minimum Gasteiger partial charge on any atom is -0.398 e. The van der Waals surface area contributed by atoms with Crippen LogP contribution in [0.15, 0.2) is 18.2 Å². The van der Waals surface area contributed by atoms with Crippen LogP contribution in [0.25, 0.3) is 0 Å². The summed E-state index contributed by atoms with van der Waals surface area (Å²) in [6.45, 7) is 0.406. The van der Waals surface area contributed by atoms with Gasteiger partial charge in [0.05, 0.1) is 0 Å². The molecule has 4 nitrogen and oxygen atoms in total. The fourth-order valence-electron chi connectivity index (χ4n) is 1.07. The summed E-state index contributed by atoms with van der Waals surface area (Å²) in [4.78, 5) is 11.1. The van der Waals surface area contributed by atoms with E-state index in [4.69, 9.17) is 5.73 Å². The van der Waals surface area contributed by atoms with Crippen LogP contribution in [-0.4, -0.2) is 18.8 Å². The zero-order valence-electron chi connectivity index (χ0n) is 9.06. The van der Waals surface area contributed by atoms with E-state index in [1.165, 1.54) is 6.07 Å². The number of alkyl halides is 3. The Kier molecular flexibility index (Phi) is 3.82. The Bertz CT molecular complexity index is 418. The lowest BCUT2D eigenvalue weighted by Gasteiger charge is -2.10. The maximum atomic E-state index is 11.8. The molecule has 2 amide bonds. The van der Waals surface area contributed by atoms with E-state index >= 15 is 0 Å². The molecule has 1 aromatic carbocycles. The third kappa shape index (κ3) is 4.62. The van der Waals surface area contributed by atoms with Crippen molar-refractivity contribution in [2.45, 2.75) is 13.1 Å². The Hall–Kier alpha value is -1.92. The van der Waals surface area contributed by atoms with E-state index in [-0.39, 0.29) is 0 Å². The Morgan fingerprint density at radius 1 is 1.41 bits per heavy atom. The average molecular weight is 247 g/mol. The number of hydrogen-bond acceptors (Lipinski definition) is 2. The van der Waals surface area contributed by atoms with E-state index in [9.17, 15) is 18.0 Å². The van der Waals surface area contributed by atoms with Gasteiger partial charge < -0.3 is 16.4 Å². The van der Waals surface area contributed by atoms with Crippen molar-refractivity contribution in [3.63, 3.8) is 0 Å². The SMILES string of the molecule is Cc1ccc(NC(=O)NCC(F)(F)F)cc1N. The van der Waals surface area contributed by atoms with Gasteiger partial charge in [-0.1, -0.05) is 6.07 Å². The van der Waals surface area contributed by atoms with E-state index in [0.29, 0.717) is 11.4 Å². The van der Waals surface area contributed by atoms with Crippen LogP contribution in [0.2, 0.25) is 0 Å². The average Bonchev–Trinajstić information content (AvgIpc) is 2.20. The standard InChI is InChI=1S/C10H12F3N3O/c1-6-2-3-7(4-8(6)14)16-9(17)15-5-10(11,12)13/h2-4H,5,14H2,1H3,(H2,15,16,17). The number of nitrogens with one attached hydrogen (secondary N) is 2. The number of carbonyl (C=O) groups is 1. The number of hydrogen-bond donors (Lipinski definition) is 3. The van der Waals surface area contributed by atoms with E-state index < -0.39 is 18.8 Å². The van der Waals surface area contributed by atoms with Crippen molar-refractivity contribution in [1.29, 1.82) is 0 Å². The van der Waals surface area contributed by atoms with Crippen molar-refractivity contribution in [1.82, 2.24) is 5.32 Å². The zero-order valence-corrected chi connectivity index (χ0v) is 9.06. The summed E-state index contributed by atoms with van der Waals surface area (Å²) in [5.41, 5.74) is 7.21. The summed E-state index contributed by atoms with van der Waals surface area (Å²) < 4.78 is 35.4. The number of amides is 2. The van der Waals surface area contributed by atoms with Gasteiger partial charge in [-0.3, -0.25) is 0 Å². The number of nitrogens with two attached hydrogens (primary N) is 1.